The Kier molecular flexibility index (Phi) is 5.99. The maximum absolute atomic E-state index is 14.8. The molecule has 5 nitrogen and oxygen atoms in total. The van der Waals surface area contributed by atoms with Crippen molar-refractivity contribution in [3.05, 3.63) is 29.1 Å². The third kappa shape index (κ3) is 4.07. The van der Waals surface area contributed by atoms with Crippen LogP contribution in [0.2, 0.25) is 0 Å². The highest BCUT2D eigenvalue weighted by molar-refractivity contribution is 5.95. The lowest BCUT2D eigenvalue weighted by molar-refractivity contribution is -0.140. The summed E-state index contributed by atoms with van der Waals surface area (Å²) in [5.74, 6) is 1.69. The van der Waals surface area contributed by atoms with E-state index >= 15 is 0 Å². The first-order valence-corrected chi connectivity index (χ1v) is 12.6. The van der Waals surface area contributed by atoms with Crippen LogP contribution < -0.4 is 5.32 Å². The fraction of sp³-hybridized carbons (Fsp3) is 0.692. The lowest BCUT2D eigenvalue weighted by Gasteiger charge is -2.41. The number of nitrogens with one attached hydrogen (secondary N) is 1. The first kappa shape index (κ1) is 21.9. The van der Waals surface area contributed by atoms with Crippen LogP contribution in [0.15, 0.2) is 12.1 Å². The van der Waals surface area contributed by atoms with E-state index in [-0.39, 0.29) is 31.0 Å². The zero-order valence-corrected chi connectivity index (χ0v) is 19.4. The molecule has 1 aromatic carbocycles. The van der Waals surface area contributed by atoms with E-state index in [2.05, 4.69) is 17.1 Å². The highest BCUT2D eigenvalue weighted by Crippen LogP contribution is 2.57. The second-order valence-corrected chi connectivity index (χ2v) is 10.6. The van der Waals surface area contributed by atoms with E-state index in [1.807, 2.05) is 11.8 Å². The molecule has 0 bridgehead atoms. The number of halogens is 1. The summed E-state index contributed by atoms with van der Waals surface area (Å²) in [4.78, 5) is 29.9. The molecule has 0 spiro atoms. The van der Waals surface area contributed by atoms with Gasteiger partial charge >= 0.3 is 0 Å². The van der Waals surface area contributed by atoms with Gasteiger partial charge < -0.3 is 10.2 Å². The normalized spacial score (nSPS) is 30.4. The Morgan fingerprint density at radius 3 is 2.50 bits per heavy atom. The van der Waals surface area contributed by atoms with E-state index in [9.17, 15) is 14.0 Å². The molecule has 0 aromatic heterocycles. The van der Waals surface area contributed by atoms with Gasteiger partial charge in [0.2, 0.25) is 11.8 Å². The minimum absolute atomic E-state index is 0. The Bertz CT molecular complexity index is 894. The van der Waals surface area contributed by atoms with E-state index in [0.29, 0.717) is 36.4 Å². The van der Waals surface area contributed by atoms with Crippen LogP contribution in [-0.4, -0.2) is 47.3 Å². The van der Waals surface area contributed by atoms with Crippen LogP contribution in [0.3, 0.4) is 0 Å². The average Bonchev–Trinajstić information content (AvgIpc) is 3.16. The first-order chi connectivity index (χ1) is 15.4. The van der Waals surface area contributed by atoms with Crippen LogP contribution in [-0.2, 0) is 16.1 Å². The quantitative estimate of drug-likeness (QED) is 0.724. The third-order valence-electron chi connectivity index (χ3n) is 8.59. The molecule has 2 unspecified atom stereocenters. The number of benzene rings is 1. The van der Waals surface area contributed by atoms with Gasteiger partial charge in [0, 0.05) is 56.7 Å². The van der Waals surface area contributed by atoms with Gasteiger partial charge in [0.25, 0.3) is 0 Å². The molecule has 3 atom stereocenters. The number of rotatable bonds is 5. The van der Waals surface area contributed by atoms with E-state index in [1.54, 1.807) is 6.07 Å². The summed E-state index contributed by atoms with van der Waals surface area (Å²) in [5, 5.41) is 3.09. The van der Waals surface area contributed by atoms with Crippen molar-refractivity contribution in [3.63, 3.8) is 0 Å². The van der Waals surface area contributed by atoms with Crippen molar-refractivity contribution in [2.24, 2.45) is 23.7 Å². The number of fused-ring (bicyclic) bond motifs is 1. The maximum atomic E-state index is 14.8. The van der Waals surface area contributed by atoms with Crippen molar-refractivity contribution in [2.45, 2.75) is 71.4 Å². The van der Waals surface area contributed by atoms with Crippen molar-refractivity contribution < 1.29 is 15.4 Å². The van der Waals surface area contributed by atoms with Crippen molar-refractivity contribution in [1.82, 2.24) is 9.80 Å². The molecule has 176 valence electrons. The Hall–Kier alpha value is -1.95. The zero-order valence-electron chi connectivity index (χ0n) is 19.4. The smallest absolute Gasteiger partial charge is 0.228 e. The minimum Gasteiger partial charge on any atom is -0.337 e. The van der Waals surface area contributed by atoms with Crippen LogP contribution in [0.1, 0.15) is 64.4 Å². The largest absolute Gasteiger partial charge is 0.337 e. The molecular formula is C26H38FN3O2. The molecular weight excluding hydrogens is 405 g/mol. The monoisotopic (exact) mass is 443 g/mol. The van der Waals surface area contributed by atoms with Crippen molar-refractivity contribution in [1.29, 1.82) is 0 Å². The Morgan fingerprint density at radius 2 is 1.81 bits per heavy atom. The highest BCUT2D eigenvalue weighted by atomic mass is 19.1. The molecule has 0 radical (unpaired) electrons. The van der Waals surface area contributed by atoms with E-state index < -0.39 is 0 Å². The second-order valence-electron chi connectivity index (χ2n) is 10.6. The Balaban J connectivity index is 0.00000259. The molecule has 4 aliphatic rings. The topological polar surface area (TPSA) is 52.7 Å². The van der Waals surface area contributed by atoms with Crippen LogP contribution in [0.25, 0.3) is 0 Å². The van der Waals surface area contributed by atoms with E-state index in [0.717, 1.165) is 50.0 Å². The molecule has 1 saturated heterocycles. The van der Waals surface area contributed by atoms with Gasteiger partial charge in [0.15, 0.2) is 0 Å². The number of hydrogen-bond acceptors (Lipinski definition) is 3. The number of nitrogens with zero attached hydrogens (tertiary/aromatic N) is 2. The summed E-state index contributed by atoms with van der Waals surface area (Å²) in [6.07, 6.45) is 7.97. The zero-order chi connectivity index (χ0) is 22.4. The molecule has 3 saturated carbocycles. The van der Waals surface area contributed by atoms with Gasteiger partial charge in [-0.05, 0) is 69.1 Å². The summed E-state index contributed by atoms with van der Waals surface area (Å²) in [6, 6.07) is 3.32. The van der Waals surface area contributed by atoms with Gasteiger partial charge in [-0.3, -0.25) is 14.5 Å². The van der Waals surface area contributed by atoms with Gasteiger partial charge in [-0.2, -0.15) is 0 Å². The maximum Gasteiger partial charge on any atom is 0.228 e. The molecule has 1 heterocycles. The molecule has 1 aliphatic heterocycles. The third-order valence-corrected chi connectivity index (χ3v) is 8.59. The summed E-state index contributed by atoms with van der Waals surface area (Å²) in [7, 11) is 0. The molecule has 3 aliphatic carbocycles. The van der Waals surface area contributed by atoms with Gasteiger partial charge in [-0.25, -0.2) is 4.39 Å². The standard InChI is InChI=1S/C26H36FN3O2.H2/c1-16-14-29(12-13-30(16)26(32)18-6-3-4-7-18)15-21-17(2)23(11-10-22(21)27)28-25(31)24-19-8-5-9-20(19)24;/h10-11,16,18-20,24H,3-9,12-15H2,1-2H3,(H,28,31);1H/t16-,19?,20?,24?;/m0./s1. The van der Waals surface area contributed by atoms with Gasteiger partial charge in [-0.1, -0.05) is 19.3 Å². The summed E-state index contributed by atoms with van der Waals surface area (Å²) in [6.45, 7) is 6.73. The minimum atomic E-state index is -0.221. The second kappa shape index (κ2) is 8.77. The predicted molar refractivity (Wildman–Crippen MR) is 125 cm³/mol. The predicted octanol–water partition coefficient (Wildman–Crippen LogP) is 4.59. The summed E-state index contributed by atoms with van der Waals surface area (Å²) in [5.41, 5.74) is 2.21. The molecule has 32 heavy (non-hydrogen) atoms. The number of carbonyl (C=O) groups excluding carboxylic acids is 2. The summed E-state index contributed by atoms with van der Waals surface area (Å²) >= 11 is 0. The van der Waals surface area contributed by atoms with Crippen LogP contribution >= 0.6 is 0 Å². The van der Waals surface area contributed by atoms with Crippen LogP contribution in [0, 0.1) is 36.4 Å². The first-order valence-electron chi connectivity index (χ1n) is 12.6. The molecule has 2 amide bonds. The van der Waals surface area contributed by atoms with Gasteiger partial charge in [0.1, 0.15) is 5.82 Å². The molecule has 6 heteroatoms. The number of amides is 2. The molecule has 1 N–H and O–H groups in total. The highest BCUT2D eigenvalue weighted by Gasteiger charge is 2.56. The van der Waals surface area contributed by atoms with Crippen molar-refractivity contribution >= 4 is 17.5 Å². The average molecular weight is 444 g/mol. The van der Waals surface area contributed by atoms with Crippen LogP contribution in [0.5, 0.6) is 0 Å². The number of piperazine rings is 1. The van der Waals surface area contributed by atoms with Gasteiger partial charge in [0.05, 0.1) is 0 Å². The number of anilines is 1. The number of hydrogen-bond donors (Lipinski definition) is 1. The number of carbonyl (C=O) groups is 2. The molecule has 4 fully saturated rings. The van der Waals surface area contributed by atoms with Crippen LogP contribution in [0.4, 0.5) is 10.1 Å². The SMILES string of the molecule is Cc1c(NC(=O)C2C3CCCC32)ccc(F)c1CN1CCN(C(=O)C2CCCC2)[C@@H](C)C1.[HH]. The fourth-order valence-electron chi connectivity index (χ4n) is 6.61. The lowest BCUT2D eigenvalue weighted by Crippen LogP contribution is -2.54. The fourth-order valence-corrected chi connectivity index (χ4v) is 6.61. The Labute approximate surface area is 192 Å². The van der Waals surface area contributed by atoms with E-state index in [4.69, 9.17) is 0 Å². The van der Waals surface area contributed by atoms with Crippen molar-refractivity contribution in [3.8, 4) is 0 Å². The Morgan fingerprint density at radius 1 is 1.09 bits per heavy atom. The van der Waals surface area contributed by atoms with Gasteiger partial charge in [-0.15, -0.1) is 0 Å². The molecule has 1 aromatic rings. The van der Waals surface area contributed by atoms with Crippen molar-refractivity contribution in [2.75, 3.05) is 25.0 Å². The lowest BCUT2D eigenvalue weighted by atomic mass is 10.0. The molecule has 5 rings (SSSR count). The van der Waals surface area contributed by atoms with E-state index in [1.165, 1.54) is 25.3 Å². The summed E-state index contributed by atoms with van der Waals surface area (Å²) < 4.78 is 14.8.